The fraction of sp³-hybridized carbons (Fsp3) is 0. The van der Waals surface area contributed by atoms with E-state index in [-0.39, 0.29) is 0 Å². The zero-order valence-corrected chi connectivity index (χ0v) is 24.0. The van der Waals surface area contributed by atoms with Crippen LogP contribution in [0.15, 0.2) is 127 Å². The summed E-state index contributed by atoms with van der Waals surface area (Å²) < 4.78 is 5.31. The molecule has 42 heavy (non-hydrogen) atoms. The first kappa shape index (κ1) is 22.8. The number of fused-ring (bicyclic) bond motifs is 8. The number of hydrogen-bond donors (Lipinski definition) is 1. The van der Waals surface area contributed by atoms with Crippen molar-refractivity contribution in [2.75, 3.05) is 4.90 Å². The van der Waals surface area contributed by atoms with Gasteiger partial charge in [-0.05, 0) is 71.4 Å². The monoisotopic (exact) mass is 570 g/mol. The summed E-state index contributed by atoms with van der Waals surface area (Å²) >= 11 is 3.77. The highest BCUT2D eigenvalue weighted by atomic mass is 32.1. The molecule has 0 amide bonds. The molecule has 10 rings (SSSR count). The van der Waals surface area contributed by atoms with Gasteiger partial charge in [-0.15, -0.1) is 22.7 Å². The maximum Gasteiger partial charge on any atom is 0.0565 e. The number of rotatable bonds is 3. The van der Waals surface area contributed by atoms with Gasteiger partial charge in [-0.25, -0.2) is 0 Å². The summed E-state index contributed by atoms with van der Waals surface area (Å²) in [6.07, 6.45) is 0. The zero-order valence-electron chi connectivity index (χ0n) is 22.4. The molecule has 1 N–H and O–H groups in total. The number of hydrogen-bond acceptors (Lipinski definition) is 3. The minimum absolute atomic E-state index is 1.15. The maximum absolute atomic E-state index is 4.01. The summed E-state index contributed by atoms with van der Waals surface area (Å²) in [5.41, 5.74) is 5.97. The van der Waals surface area contributed by atoms with Crippen molar-refractivity contribution in [3.8, 4) is 0 Å². The lowest BCUT2D eigenvalue weighted by molar-refractivity contribution is 1.29. The summed E-state index contributed by atoms with van der Waals surface area (Å²) in [4.78, 5) is 6.37. The molecule has 0 atom stereocenters. The molecule has 2 nitrogen and oxygen atoms in total. The molecule has 4 heteroatoms. The first-order valence-electron chi connectivity index (χ1n) is 14.2. The first-order chi connectivity index (χ1) is 20.8. The van der Waals surface area contributed by atoms with Crippen LogP contribution >= 0.6 is 22.7 Å². The van der Waals surface area contributed by atoms with Gasteiger partial charge in [0.05, 0.1) is 11.0 Å². The molecule has 0 saturated heterocycles. The number of nitrogens with one attached hydrogen (secondary N) is 1. The summed E-state index contributed by atoms with van der Waals surface area (Å²) in [6.45, 7) is 0. The molecule has 0 aliphatic carbocycles. The minimum Gasteiger partial charge on any atom is -0.353 e. The summed E-state index contributed by atoms with van der Waals surface area (Å²) in [6, 6.07) is 46.5. The Labute approximate surface area is 249 Å². The Morgan fingerprint density at radius 3 is 1.60 bits per heavy atom. The van der Waals surface area contributed by atoms with Crippen molar-refractivity contribution >= 4 is 113 Å². The van der Waals surface area contributed by atoms with E-state index in [0.29, 0.717) is 0 Å². The molecule has 0 aliphatic heterocycles. The van der Waals surface area contributed by atoms with Crippen molar-refractivity contribution in [2.24, 2.45) is 0 Å². The van der Waals surface area contributed by atoms with E-state index >= 15 is 0 Å². The SMILES string of the molecule is c1ccc(N(c2ccccc2)c2ccc3sc4cc5ccc6cc7sc8ccccc8c7c7[nH]c(c4c3c2)c5c67)cc1. The highest BCUT2D eigenvalue weighted by Crippen LogP contribution is 2.49. The van der Waals surface area contributed by atoms with Crippen molar-refractivity contribution < 1.29 is 0 Å². The fourth-order valence-electron chi connectivity index (χ4n) is 6.95. The Kier molecular flexibility index (Phi) is 4.51. The molecule has 10 aromatic rings. The van der Waals surface area contributed by atoms with E-state index < -0.39 is 0 Å². The normalized spacial score (nSPS) is 12.3. The van der Waals surface area contributed by atoms with Crippen LogP contribution in [-0.4, -0.2) is 4.98 Å². The molecule has 0 fully saturated rings. The quantitative estimate of drug-likeness (QED) is 0.209. The van der Waals surface area contributed by atoms with E-state index in [0.717, 1.165) is 17.1 Å². The van der Waals surface area contributed by atoms with Gasteiger partial charge in [-0.3, -0.25) is 0 Å². The summed E-state index contributed by atoms with van der Waals surface area (Å²) in [5.74, 6) is 0. The zero-order chi connectivity index (χ0) is 27.4. The predicted molar refractivity (Wildman–Crippen MR) is 185 cm³/mol. The molecule has 0 unspecified atom stereocenters. The molecule has 0 spiro atoms. The van der Waals surface area contributed by atoms with Crippen molar-refractivity contribution in [1.29, 1.82) is 0 Å². The average Bonchev–Trinajstić information content (AvgIpc) is 3.72. The van der Waals surface area contributed by atoms with Crippen molar-refractivity contribution in [3.63, 3.8) is 0 Å². The maximum atomic E-state index is 4.01. The summed E-state index contributed by atoms with van der Waals surface area (Å²) in [7, 11) is 0. The molecule has 196 valence electrons. The van der Waals surface area contributed by atoms with Gasteiger partial charge >= 0.3 is 0 Å². The van der Waals surface area contributed by atoms with Crippen molar-refractivity contribution in [3.05, 3.63) is 127 Å². The van der Waals surface area contributed by atoms with Crippen LogP contribution in [0.4, 0.5) is 17.1 Å². The lowest BCUT2D eigenvalue weighted by atomic mass is 9.98. The second kappa shape index (κ2) is 8.32. The van der Waals surface area contributed by atoms with Crippen LogP contribution in [0.25, 0.3) is 72.9 Å². The third kappa shape index (κ3) is 3.03. The van der Waals surface area contributed by atoms with Gasteiger partial charge in [0, 0.05) is 68.2 Å². The Hall–Kier alpha value is -4.90. The van der Waals surface area contributed by atoms with Crippen LogP contribution in [0.1, 0.15) is 0 Å². The van der Waals surface area contributed by atoms with Crippen LogP contribution in [0.3, 0.4) is 0 Å². The predicted octanol–water partition coefficient (Wildman–Crippen LogP) is 12.1. The van der Waals surface area contributed by atoms with Crippen LogP contribution in [0.5, 0.6) is 0 Å². The largest absolute Gasteiger partial charge is 0.353 e. The second-order valence-electron chi connectivity index (χ2n) is 11.0. The van der Waals surface area contributed by atoms with Crippen LogP contribution < -0.4 is 4.90 Å². The molecule has 3 aromatic heterocycles. The van der Waals surface area contributed by atoms with Gasteiger partial charge in [0.1, 0.15) is 0 Å². The molecule has 3 heterocycles. The van der Waals surface area contributed by atoms with Crippen molar-refractivity contribution in [2.45, 2.75) is 0 Å². The van der Waals surface area contributed by atoms with E-state index in [2.05, 4.69) is 137 Å². The fourth-order valence-corrected chi connectivity index (χ4v) is 9.26. The van der Waals surface area contributed by atoms with Crippen LogP contribution in [0, 0.1) is 0 Å². The molecule has 0 bridgehead atoms. The van der Waals surface area contributed by atoms with Gasteiger partial charge in [0.2, 0.25) is 0 Å². The van der Waals surface area contributed by atoms with Gasteiger partial charge < -0.3 is 9.88 Å². The first-order valence-corrected chi connectivity index (χ1v) is 15.8. The Balaban J connectivity index is 1.32. The average molecular weight is 571 g/mol. The molecule has 0 radical (unpaired) electrons. The van der Waals surface area contributed by atoms with E-state index in [9.17, 15) is 0 Å². The number of H-pyrrole nitrogens is 1. The van der Waals surface area contributed by atoms with Crippen molar-refractivity contribution in [1.82, 2.24) is 4.98 Å². The third-order valence-electron chi connectivity index (χ3n) is 8.70. The smallest absolute Gasteiger partial charge is 0.0565 e. The van der Waals surface area contributed by atoms with E-state index in [1.807, 2.05) is 22.7 Å². The number of benzene rings is 7. The lowest BCUT2D eigenvalue weighted by Crippen LogP contribution is -2.09. The molecular weight excluding hydrogens is 549 g/mol. The summed E-state index contributed by atoms with van der Waals surface area (Å²) in [5, 5.41) is 10.6. The van der Waals surface area contributed by atoms with Gasteiger partial charge in [0.25, 0.3) is 0 Å². The Bertz CT molecular complexity index is 2580. The van der Waals surface area contributed by atoms with Gasteiger partial charge in [0.15, 0.2) is 0 Å². The Morgan fingerprint density at radius 1 is 0.405 bits per heavy atom. The van der Waals surface area contributed by atoms with Crippen LogP contribution in [-0.2, 0) is 0 Å². The Morgan fingerprint density at radius 2 is 0.952 bits per heavy atom. The third-order valence-corrected chi connectivity index (χ3v) is 10.9. The molecule has 0 saturated carbocycles. The molecule has 7 aromatic carbocycles. The number of anilines is 3. The van der Waals surface area contributed by atoms with E-state index in [4.69, 9.17) is 0 Å². The van der Waals surface area contributed by atoms with Crippen LogP contribution in [0.2, 0.25) is 0 Å². The van der Waals surface area contributed by atoms with E-state index in [1.165, 1.54) is 72.9 Å². The highest BCUT2D eigenvalue weighted by Gasteiger charge is 2.21. The number of thiophene rings is 2. The number of aromatic amines is 1. The number of nitrogens with zero attached hydrogens (tertiary/aromatic N) is 1. The van der Waals surface area contributed by atoms with Gasteiger partial charge in [-0.2, -0.15) is 0 Å². The molecular formula is C38H22N2S2. The van der Waals surface area contributed by atoms with Gasteiger partial charge in [-0.1, -0.05) is 66.7 Å². The number of para-hydroxylation sites is 2. The highest BCUT2D eigenvalue weighted by molar-refractivity contribution is 7.26. The topological polar surface area (TPSA) is 19.0 Å². The van der Waals surface area contributed by atoms with E-state index in [1.54, 1.807) is 0 Å². The standard InChI is InChI=1S/C38H22N2S2/c1-3-9-24(10-4-1)40(25-11-5-2-6-12-25)26-17-18-30-28(21-26)36-32(42-30)20-23-16-15-22-19-31-35(27-13-7-8-14-29(27)41-31)37-33(22)34(23)38(36)39-37/h1-21,39H. The molecule has 0 aliphatic rings. The number of aromatic nitrogens is 1. The minimum atomic E-state index is 1.15. The second-order valence-corrected chi connectivity index (χ2v) is 13.2. The lowest BCUT2D eigenvalue weighted by Gasteiger charge is -2.25.